The molecule has 0 radical (unpaired) electrons. The van der Waals surface area contributed by atoms with Crippen LogP contribution in [0.3, 0.4) is 0 Å². The first kappa shape index (κ1) is 12.4. The van der Waals surface area contributed by atoms with Crippen LogP contribution in [-0.4, -0.2) is 22.9 Å². The molecule has 0 saturated heterocycles. The van der Waals surface area contributed by atoms with E-state index in [0.717, 1.165) is 17.7 Å². The largest absolute Gasteiger partial charge is 0.480 e. The first-order valence-electron chi connectivity index (χ1n) is 5.49. The fourth-order valence-electron chi connectivity index (χ4n) is 1.93. The van der Waals surface area contributed by atoms with Gasteiger partial charge in [0.25, 0.3) is 0 Å². The molecule has 2 rings (SSSR count). The van der Waals surface area contributed by atoms with Crippen molar-refractivity contribution in [3.05, 3.63) is 29.6 Å². The zero-order chi connectivity index (χ0) is 12.4. The monoisotopic (exact) mass is 255 g/mol. The Kier molecular flexibility index (Phi) is 3.69. The molecular weight excluding hydrogens is 241 g/mol. The van der Waals surface area contributed by atoms with Gasteiger partial charge < -0.3 is 5.11 Å². The third-order valence-corrected chi connectivity index (χ3v) is 4.01. The summed E-state index contributed by atoms with van der Waals surface area (Å²) >= 11 is 1.49. The second-order valence-electron chi connectivity index (χ2n) is 4.07. The molecule has 0 fully saturated rings. The van der Waals surface area contributed by atoms with Crippen LogP contribution in [0.5, 0.6) is 0 Å². The van der Waals surface area contributed by atoms with Gasteiger partial charge in [0, 0.05) is 10.9 Å². The van der Waals surface area contributed by atoms with Gasteiger partial charge in [0.1, 0.15) is 11.9 Å². The molecule has 1 aliphatic rings. The molecule has 0 spiro atoms. The Morgan fingerprint density at radius 2 is 2.41 bits per heavy atom. The average molecular weight is 255 g/mol. The van der Waals surface area contributed by atoms with E-state index < -0.39 is 12.0 Å². The number of halogens is 1. The Morgan fingerprint density at radius 3 is 3.12 bits per heavy atom. The third-order valence-electron chi connectivity index (χ3n) is 2.85. The van der Waals surface area contributed by atoms with Crippen LogP contribution >= 0.6 is 11.8 Å². The predicted molar refractivity (Wildman–Crippen MR) is 64.7 cm³/mol. The van der Waals surface area contributed by atoms with Gasteiger partial charge in [-0.15, -0.1) is 11.8 Å². The molecular formula is C12H14FNO2S. The summed E-state index contributed by atoms with van der Waals surface area (Å²) in [6.45, 7) is 1.60. The Bertz CT molecular complexity index is 439. The van der Waals surface area contributed by atoms with Gasteiger partial charge in [0.2, 0.25) is 0 Å². The van der Waals surface area contributed by atoms with Gasteiger partial charge in [0.05, 0.1) is 0 Å². The predicted octanol–water partition coefficient (Wildman–Crippen LogP) is 2.43. The fraction of sp³-hybridized carbons (Fsp3) is 0.417. The normalized spacial score (nSPS) is 20.7. The van der Waals surface area contributed by atoms with Crippen molar-refractivity contribution >= 4 is 17.7 Å². The highest BCUT2D eigenvalue weighted by molar-refractivity contribution is 7.99. The number of thioether (sulfide) groups is 1. The SMILES string of the molecule is C[C@H](NC1CCSc2c(F)cccc21)C(=O)O. The topological polar surface area (TPSA) is 49.3 Å². The van der Waals surface area contributed by atoms with E-state index in [1.54, 1.807) is 13.0 Å². The number of carboxylic acid groups (broad SMARTS) is 1. The fourth-order valence-corrected chi connectivity index (χ4v) is 3.07. The molecule has 92 valence electrons. The molecule has 0 bridgehead atoms. The standard InChI is InChI=1S/C12H14FNO2S/c1-7(12(15)16)14-10-5-6-17-11-8(10)3-2-4-9(11)13/h2-4,7,10,14H,5-6H2,1H3,(H,15,16)/t7-,10?/m0/s1. The van der Waals surface area contributed by atoms with Gasteiger partial charge in [-0.25, -0.2) is 4.39 Å². The van der Waals surface area contributed by atoms with Crippen LogP contribution in [0.15, 0.2) is 23.1 Å². The number of carbonyl (C=O) groups is 1. The van der Waals surface area contributed by atoms with Crippen LogP contribution in [0.1, 0.15) is 24.9 Å². The maximum atomic E-state index is 13.6. The smallest absolute Gasteiger partial charge is 0.320 e. The van der Waals surface area contributed by atoms with E-state index in [1.165, 1.54) is 17.8 Å². The van der Waals surface area contributed by atoms with Crippen LogP contribution in [0.25, 0.3) is 0 Å². The molecule has 1 unspecified atom stereocenters. The van der Waals surface area contributed by atoms with Crippen molar-refractivity contribution in [1.29, 1.82) is 0 Å². The summed E-state index contributed by atoms with van der Waals surface area (Å²) in [5.74, 6) is -0.305. The number of rotatable bonds is 3. The lowest BCUT2D eigenvalue weighted by molar-refractivity contribution is -0.139. The molecule has 5 heteroatoms. The second-order valence-corrected chi connectivity index (χ2v) is 5.18. The van der Waals surface area contributed by atoms with E-state index in [0.29, 0.717) is 4.90 Å². The summed E-state index contributed by atoms with van der Waals surface area (Å²) in [7, 11) is 0. The van der Waals surface area contributed by atoms with Gasteiger partial charge >= 0.3 is 5.97 Å². The molecule has 2 N–H and O–H groups in total. The number of benzene rings is 1. The van der Waals surface area contributed by atoms with Crippen molar-refractivity contribution in [2.45, 2.75) is 30.3 Å². The van der Waals surface area contributed by atoms with Crippen molar-refractivity contribution in [2.24, 2.45) is 0 Å². The molecule has 1 heterocycles. The summed E-state index contributed by atoms with van der Waals surface area (Å²) in [5.41, 5.74) is 0.870. The summed E-state index contributed by atoms with van der Waals surface area (Å²) in [6, 6.07) is 4.26. The minimum absolute atomic E-state index is 0.0759. The Labute approximate surface area is 103 Å². The maximum Gasteiger partial charge on any atom is 0.320 e. The lowest BCUT2D eigenvalue weighted by Crippen LogP contribution is -2.37. The summed E-state index contributed by atoms with van der Waals surface area (Å²) in [6.07, 6.45) is 0.818. The van der Waals surface area contributed by atoms with Crippen molar-refractivity contribution in [1.82, 2.24) is 5.32 Å². The van der Waals surface area contributed by atoms with Crippen molar-refractivity contribution in [3.8, 4) is 0 Å². The van der Waals surface area contributed by atoms with E-state index in [4.69, 9.17) is 5.11 Å². The third kappa shape index (κ3) is 2.61. The Hall–Kier alpha value is -1.07. The highest BCUT2D eigenvalue weighted by atomic mass is 32.2. The first-order valence-corrected chi connectivity index (χ1v) is 6.48. The van der Waals surface area contributed by atoms with Crippen molar-refractivity contribution in [2.75, 3.05) is 5.75 Å². The molecule has 0 amide bonds. The number of carboxylic acids is 1. The van der Waals surface area contributed by atoms with Crippen LogP contribution in [-0.2, 0) is 4.79 Å². The Balaban J connectivity index is 2.23. The van der Waals surface area contributed by atoms with E-state index in [2.05, 4.69) is 5.32 Å². The second kappa shape index (κ2) is 5.06. The van der Waals surface area contributed by atoms with Crippen LogP contribution < -0.4 is 5.32 Å². The van der Waals surface area contributed by atoms with E-state index in [-0.39, 0.29) is 11.9 Å². The first-order chi connectivity index (χ1) is 8.09. The van der Waals surface area contributed by atoms with Crippen molar-refractivity contribution < 1.29 is 14.3 Å². The lowest BCUT2D eigenvalue weighted by Gasteiger charge is -2.27. The Morgan fingerprint density at radius 1 is 1.65 bits per heavy atom. The van der Waals surface area contributed by atoms with Gasteiger partial charge in [-0.05, 0) is 30.7 Å². The minimum atomic E-state index is -0.888. The number of nitrogens with one attached hydrogen (secondary N) is 1. The lowest BCUT2D eigenvalue weighted by atomic mass is 10.0. The van der Waals surface area contributed by atoms with E-state index in [9.17, 15) is 9.18 Å². The van der Waals surface area contributed by atoms with Gasteiger partial charge in [-0.3, -0.25) is 10.1 Å². The highest BCUT2D eigenvalue weighted by Crippen LogP contribution is 2.37. The van der Waals surface area contributed by atoms with E-state index in [1.807, 2.05) is 6.07 Å². The quantitative estimate of drug-likeness (QED) is 0.871. The average Bonchev–Trinajstić information content (AvgIpc) is 2.30. The molecule has 17 heavy (non-hydrogen) atoms. The van der Waals surface area contributed by atoms with Crippen molar-refractivity contribution in [3.63, 3.8) is 0 Å². The molecule has 0 aromatic heterocycles. The van der Waals surface area contributed by atoms with Gasteiger partial charge in [-0.2, -0.15) is 0 Å². The molecule has 0 aliphatic carbocycles. The molecule has 1 aromatic carbocycles. The number of hydrogen-bond acceptors (Lipinski definition) is 3. The number of fused-ring (bicyclic) bond motifs is 1. The van der Waals surface area contributed by atoms with Crippen LogP contribution in [0, 0.1) is 5.82 Å². The van der Waals surface area contributed by atoms with Gasteiger partial charge in [0.15, 0.2) is 0 Å². The zero-order valence-electron chi connectivity index (χ0n) is 9.44. The number of hydrogen-bond donors (Lipinski definition) is 2. The summed E-state index contributed by atoms with van der Waals surface area (Å²) in [4.78, 5) is 11.5. The minimum Gasteiger partial charge on any atom is -0.480 e. The molecule has 0 saturated carbocycles. The summed E-state index contributed by atoms with van der Waals surface area (Å²) in [5, 5.41) is 11.9. The number of aliphatic carboxylic acids is 1. The van der Waals surface area contributed by atoms with Crippen LogP contribution in [0.2, 0.25) is 0 Å². The van der Waals surface area contributed by atoms with E-state index >= 15 is 0 Å². The molecule has 3 nitrogen and oxygen atoms in total. The molecule has 1 aromatic rings. The molecule has 1 aliphatic heterocycles. The van der Waals surface area contributed by atoms with Crippen LogP contribution in [0.4, 0.5) is 4.39 Å². The summed E-state index contributed by atoms with van der Waals surface area (Å²) < 4.78 is 13.6. The highest BCUT2D eigenvalue weighted by Gasteiger charge is 2.25. The van der Waals surface area contributed by atoms with Gasteiger partial charge in [-0.1, -0.05) is 12.1 Å². The molecule has 2 atom stereocenters. The maximum absolute atomic E-state index is 13.6. The zero-order valence-corrected chi connectivity index (χ0v) is 10.3.